The van der Waals surface area contributed by atoms with Crippen LogP contribution in [0.1, 0.15) is 40.0 Å². The van der Waals surface area contributed by atoms with Crippen LogP contribution in [-0.4, -0.2) is 72.1 Å². The quantitative estimate of drug-likeness (QED) is 0.640. The number of nitrogens with zero attached hydrogens (tertiary/aromatic N) is 3. The lowest BCUT2D eigenvalue weighted by atomic mass is 10.0. The maximum absolute atomic E-state index is 4.48. The first-order chi connectivity index (χ1) is 10.0. The largest absolute Gasteiger partial charge is 0.355 e. The lowest BCUT2D eigenvalue weighted by molar-refractivity contribution is 0.163. The Kier molecular flexibility index (Phi) is 6.23. The number of thioether (sulfide) groups is 1. The van der Waals surface area contributed by atoms with E-state index in [2.05, 4.69) is 52.6 Å². The van der Waals surface area contributed by atoms with Gasteiger partial charge < -0.3 is 10.2 Å². The van der Waals surface area contributed by atoms with Gasteiger partial charge in [-0.05, 0) is 40.2 Å². The second kappa shape index (κ2) is 7.73. The molecule has 0 spiro atoms. The van der Waals surface area contributed by atoms with Crippen LogP contribution in [0.3, 0.4) is 0 Å². The van der Waals surface area contributed by atoms with Gasteiger partial charge in [0.25, 0.3) is 0 Å². The number of guanidine groups is 1. The average Bonchev–Trinajstić information content (AvgIpc) is 2.44. The second-order valence-electron chi connectivity index (χ2n) is 6.88. The molecule has 0 aromatic heterocycles. The van der Waals surface area contributed by atoms with Crippen LogP contribution >= 0.6 is 11.8 Å². The summed E-state index contributed by atoms with van der Waals surface area (Å²) < 4.78 is 0.331. The summed E-state index contributed by atoms with van der Waals surface area (Å²) in [4.78, 5) is 9.51. The second-order valence-corrected chi connectivity index (χ2v) is 8.69. The van der Waals surface area contributed by atoms with E-state index in [-0.39, 0.29) is 0 Å². The minimum Gasteiger partial charge on any atom is -0.355 e. The van der Waals surface area contributed by atoms with E-state index < -0.39 is 0 Å². The number of hydrogen-bond donors (Lipinski definition) is 1. The maximum Gasteiger partial charge on any atom is 0.193 e. The van der Waals surface area contributed by atoms with E-state index in [4.69, 9.17) is 0 Å². The van der Waals surface area contributed by atoms with Crippen molar-refractivity contribution in [2.24, 2.45) is 4.99 Å². The van der Waals surface area contributed by atoms with Crippen LogP contribution in [-0.2, 0) is 0 Å². The molecule has 5 heteroatoms. The van der Waals surface area contributed by atoms with Gasteiger partial charge in [-0.3, -0.25) is 9.89 Å². The highest BCUT2D eigenvalue weighted by atomic mass is 32.2. The maximum atomic E-state index is 4.48. The number of nitrogens with one attached hydrogen (secondary N) is 1. The van der Waals surface area contributed by atoms with Crippen molar-refractivity contribution < 1.29 is 0 Å². The van der Waals surface area contributed by atoms with Crippen molar-refractivity contribution in [1.29, 1.82) is 0 Å². The molecular weight excluding hydrogens is 280 g/mol. The molecule has 0 bridgehead atoms. The van der Waals surface area contributed by atoms with E-state index >= 15 is 0 Å². The predicted molar refractivity (Wildman–Crippen MR) is 94.4 cm³/mol. The fraction of sp³-hybridized carbons (Fsp3) is 0.938. The number of rotatable bonds is 3. The molecule has 0 aromatic rings. The molecule has 2 fully saturated rings. The Hall–Kier alpha value is -0.420. The van der Waals surface area contributed by atoms with Gasteiger partial charge in [-0.2, -0.15) is 11.8 Å². The Bertz CT molecular complexity index is 356. The standard InChI is InChI=1S/C16H32N4S/c1-14-7-5-6-9-19(14)10-8-18-15(17-4)20-11-12-21-16(2,3)13-20/h14H,5-13H2,1-4H3,(H,17,18). The van der Waals surface area contributed by atoms with Gasteiger partial charge >= 0.3 is 0 Å². The van der Waals surface area contributed by atoms with Crippen LogP contribution in [0.5, 0.6) is 0 Å². The van der Waals surface area contributed by atoms with E-state index in [1.165, 1.54) is 31.6 Å². The van der Waals surface area contributed by atoms with Gasteiger partial charge in [0.05, 0.1) is 0 Å². The van der Waals surface area contributed by atoms with E-state index in [1.54, 1.807) is 0 Å². The normalized spacial score (nSPS) is 27.7. The average molecular weight is 313 g/mol. The molecule has 122 valence electrons. The Labute approximate surface area is 134 Å². The molecule has 2 aliphatic heterocycles. The number of likely N-dealkylation sites (tertiary alicyclic amines) is 1. The number of hydrogen-bond acceptors (Lipinski definition) is 3. The van der Waals surface area contributed by atoms with Crippen molar-refractivity contribution in [2.75, 3.05) is 45.5 Å². The molecule has 1 unspecified atom stereocenters. The summed E-state index contributed by atoms with van der Waals surface area (Å²) in [5.74, 6) is 2.27. The first-order valence-electron chi connectivity index (χ1n) is 8.35. The van der Waals surface area contributed by atoms with Crippen LogP contribution in [0.15, 0.2) is 4.99 Å². The summed E-state index contributed by atoms with van der Waals surface area (Å²) in [6.07, 6.45) is 4.11. The highest BCUT2D eigenvalue weighted by molar-refractivity contribution is 8.00. The van der Waals surface area contributed by atoms with Gasteiger partial charge in [0, 0.05) is 49.8 Å². The van der Waals surface area contributed by atoms with Crippen molar-refractivity contribution in [3.63, 3.8) is 0 Å². The highest BCUT2D eigenvalue weighted by Crippen LogP contribution is 2.29. The van der Waals surface area contributed by atoms with Crippen molar-refractivity contribution in [2.45, 2.75) is 50.8 Å². The van der Waals surface area contributed by atoms with Crippen LogP contribution in [0.25, 0.3) is 0 Å². The molecule has 2 saturated heterocycles. The fourth-order valence-electron chi connectivity index (χ4n) is 3.33. The van der Waals surface area contributed by atoms with Gasteiger partial charge in [0.15, 0.2) is 5.96 Å². The number of piperidine rings is 1. The summed E-state index contributed by atoms with van der Waals surface area (Å²) in [5.41, 5.74) is 0. The molecular formula is C16H32N4S. The molecule has 0 amide bonds. The monoisotopic (exact) mass is 312 g/mol. The first-order valence-corrected chi connectivity index (χ1v) is 9.34. The smallest absolute Gasteiger partial charge is 0.193 e. The van der Waals surface area contributed by atoms with Crippen molar-refractivity contribution in [3.8, 4) is 0 Å². The summed E-state index contributed by atoms with van der Waals surface area (Å²) >= 11 is 2.07. The van der Waals surface area contributed by atoms with Gasteiger partial charge in [-0.1, -0.05) is 6.42 Å². The van der Waals surface area contributed by atoms with E-state index in [9.17, 15) is 0 Å². The molecule has 1 atom stereocenters. The Balaban J connectivity index is 1.77. The predicted octanol–water partition coefficient (Wildman–Crippen LogP) is 2.26. The van der Waals surface area contributed by atoms with Crippen LogP contribution in [0.2, 0.25) is 0 Å². The molecule has 0 aromatic carbocycles. The van der Waals surface area contributed by atoms with E-state index in [0.717, 1.165) is 38.2 Å². The van der Waals surface area contributed by atoms with Gasteiger partial charge in [-0.15, -0.1) is 0 Å². The van der Waals surface area contributed by atoms with Crippen LogP contribution in [0, 0.1) is 0 Å². The van der Waals surface area contributed by atoms with Crippen LogP contribution in [0.4, 0.5) is 0 Å². The molecule has 21 heavy (non-hydrogen) atoms. The fourth-order valence-corrected chi connectivity index (χ4v) is 4.44. The minimum atomic E-state index is 0.331. The molecule has 2 aliphatic rings. The third-order valence-electron chi connectivity index (χ3n) is 4.56. The van der Waals surface area contributed by atoms with Gasteiger partial charge in [0.1, 0.15) is 0 Å². The zero-order valence-corrected chi connectivity index (χ0v) is 15.0. The Morgan fingerprint density at radius 3 is 2.81 bits per heavy atom. The summed E-state index contributed by atoms with van der Waals surface area (Å²) in [7, 11) is 1.90. The SMILES string of the molecule is CN=C(NCCN1CCCCC1C)N1CCSC(C)(C)C1. The third-order valence-corrected chi connectivity index (χ3v) is 5.86. The summed E-state index contributed by atoms with van der Waals surface area (Å²) in [5, 5.41) is 3.57. The lowest BCUT2D eigenvalue weighted by Crippen LogP contribution is -2.52. The zero-order valence-electron chi connectivity index (χ0n) is 14.2. The van der Waals surface area contributed by atoms with Gasteiger partial charge in [0.2, 0.25) is 0 Å². The highest BCUT2D eigenvalue weighted by Gasteiger charge is 2.28. The lowest BCUT2D eigenvalue weighted by Gasteiger charge is -2.39. The van der Waals surface area contributed by atoms with E-state index in [0.29, 0.717) is 4.75 Å². The molecule has 0 aliphatic carbocycles. The Morgan fingerprint density at radius 1 is 1.33 bits per heavy atom. The topological polar surface area (TPSA) is 30.9 Å². The summed E-state index contributed by atoms with van der Waals surface area (Å²) in [6, 6.07) is 0.743. The Morgan fingerprint density at radius 2 is 2.14 bits per heavy atom. The van der Waals surface area contributed by atoms with Gasteiger partial charge in [-0.25, -0.2) is 0 Å². The molecule has 2 heterocycles. The first kappa shape index (κ1) is 16.9. The zero-order chi connectivity index (χ0) is 15.3. The summed E-state index contributed by atoms with van der Waals surface area (Å²) in [6.45, 7) is 12.6. The molecule has 2 rings (SSSR count). The van der Waals surface area contributed by atoms with Crippen LogP contribution < -0.4 is 5.32 Å². The molecule has 1 N–H and O–H groups in total. The third kappa shape index (κ3) is 5.06. The minimum absolute atomic E-state index is 0.331. The molecule has 4 nitrogen and oxygen atoms in total. The van der Waals surface area contributed by atoms with E-state index in [1.807, 2.05) is 7.05 Å². The van der Waals surface area contributed by atoms with Crippen molar-refractivity contribution in [1.82, 2.24) is 15.1 Å². The van der Waals surface area contributed by atoms with Crippen molar-refractivity contribution in [3.05, 3.63) is 0 Å². The molecule has 0 radical (unpaired) electrons. The number of aliphatic imine (C=N–C) groups is 1. The van der Waals surface area contributed by atoms with Crippen molar-refractivity contribution >= 4 is 17.7 Å². The molecule has 0 saturated carbocycles.